The van der Waals surface area contributed by atoms with Crippen molar-refractivity contribution in [3.05, 3.63) is 41.4 Å². The summed E-state index contributed by atoms with van der Waals surface area (Å²) < 4.78 is 1.59. The lowest BCUT2D eigenvalue weighted by Crippen LogP contribution is -2.50. The van der Waals surface area contributed by atoms with E-state index in [0.717, 1.165) is 70.0 Å². The van der Waals surface area contributed by atoms with E-state index in [1.807, 2.05) is 6.07 Å². The number of piperidine rings is 1. The van der Waals surface area contributed by atoms with Crippen LogP contribution in [-0.4, -0.2) is 62.1 Å². The molecular formula is C27H34ClN9O2. The molecule has 0 aromatic carbocycles. The number of carbonyl (C=O) groups is 2. The number of pyridine rings is 1. The zero-order valence-electron chi connectivity index (χ0n) is 21.8. The second-order valence-electron chi connectivity index (χ2n) is 10.8. The van der Waals surface area contributed by atoms with Crippen LogP contribution >= 0.6 is 11.6 Å². The highest BCUT2D eigenvalue weighted by Crippen LogP contribution is 2.30. The van der Waals surface area contributed by atoms with Gasteiger partial charge in [0.25, 0.3) is 5.91 Å². The maximum Gasteiger partial charge on any atom is 0.276 e. The van der Waals surface area contributed by atoms with Crippen molar-refractivity contribution in [2.45, 2.75) is 82.0 Å². The summed E-state index contributed by atoms with van der Waals surface area (Å²) in [5, 5.41) is 21.6. The second kappa shape index (κ2) is 11.4. The largest absolute Gasteiger partial charge is 0.379 e. The lowest BCUT2D eigenvalue weighted by atomic mass is 9.90. The van der Waals surface area contributed by atoms with E-state index in [4.69, 9.17) is 16.7 Å². The van der Waals surface area contributed by atoms with E-state index in [1.165, 1.54) is 12.4 Å². The highest BCUT2D eigenvalue weighted by atomic mass is 35.5. The monoisotopic (exact) mass is 551 g/mol. The molecule has 1 saturated heterocycles. The summed E-state index contributed by atoms with van der Waals surface area (Å²) in [4.78, 5) is 34.2. The van der Waals surface area contributed by atoms with Crippen molar-refractivity contribution in [1.29, 1.82) is 0 Å². The number of imidazole rings is 1. The van der Waals surface area contributed by atoms with Crippen LogP contribution in [0.3, 0.4) is 0 Å². The molecule has 2 aliphatic carbocycles. The van der Waals surface area contributed by atoms with Gasteiger partial charge in [-0.2, -0.15) is 0 Å². The standard InChI is InChI=1S/C27H34ClN9O2/c28-23-13-19(10-12-30-23)35-27(39)22-15-31-25-21(32-16-4-5-16)14-24(36-37(22)25)33-17-6-8-18(9-7-17)34-26(38)20-3-1-2-11-29-20/h10,12-18,20,29,32H,1-9,11H2,(H,33,36)(H,34,38)(H,30,35,39)/t17?,18?,20-/m0/s1. The van der Waals surface area contributed by atoms with Crippen LogP contribution in [-0.2, 0) is 4.79 Å². The molecule has 2 saturated carbocycles. The fraction of sp³-hybridized carbons (Fsp3) is 0.519. The second-order valence-corrected chi connectivity index (χ2v) is 11.2. The molecule has 4 heterocycles. The van der Waals surface area contributed by atoms with Crippen LogP contribution < -0.4 is 26.6 Å². The van der Waals surface area contributed by atoms with Gasteiger partial charge >= 0.3 is 0 Å². The van der Waals surface area contributed by atoms with Crippen molar-refractivity contribution in [1.82, 2.24) is 30.2 Å². The summed E-state index contributed by atoms with van der Waals surface area (Å²) in [7, 11) is 0. The van der Waals surface area contributed by atoms with Gasteiger partial charge in [-0.3, -0.25) is 9.59 Å². The van der Waals surface area contributed by atoms with Crippen molar-refractivity contribution in [2.24, 2.45) is 0 Å². The Morgan fingerprint density at radius 3 is 2.46 bits per heavy atom. The quantitative estimate of drug-likeness (QED) is 0.268. The van der Waals surface area contributed by atoms with E-state index in [0.29, 0.717) is 34.0 Å². The zero-order chi connectivity index (χ0) is 26.8. The molecule has 0 unspecified atom stereocenters. The fourth-order valence-electron chi connectivity index (χ4n) is 5.39. The summed E-state index contributed by atoms with van der Waals surface area (Å²) in [6.07, 6.45) is 12.1. The smallest absolute Gasteiger partial charge is 0.276 e. The average Bonchev–Trinajstić information content (AvgIpc) is 3.65. The summed E-state index contributed by atoms with van der Waals surface area (Å²) in [5.41, 5.74) is 2.32. The first kappa shape index (κ1) is 25.8. The van der Waals surface area contributed by atoms with Gasteiger partial charge in [-0.25, -0.2) is 14.5 Å². The topological polar surface area (TPSA) is 137 Å². The fourth-order valence-corrected chi connectivity index (χ4v) is 5.57. The predicted molar refractivity (Wildman–Crippen MR) is 150 cm³/mol. The molecule has 206 valence electrons. The van der Waals surface area contributed by atoms with Gasteiger partial charge in [-0.15, -0.1) is 5.10 Å². The van der Waals surface area contributed by atoms with E-state index < -0.39 is 0 Å². The lowest BCUT2D eigenvalue weighted by molar-refractivity contribution is -0.124. The number of rotatable bonds is 8. The van der Waals surface area contributed by atoms with Gasteiger partial charge < -0.3 is 26.6 Å². The lowest BCUT2D eigenvalue weighted by Gasteiger charge is -2.32. The Morgan fingerprint density at radius 1 is 0.949 bits per heavy atom. The molecule has 0 bridgehead atoms. The maximum atomic E-state index is 13.1. The average molecular weight is 552 g/mol. The molecular weight excluding hydrogens is 518 g/mol. The number of hydrogen-bond acceptors (Lipinski definition) is 8. The summed E-state index contributed by atoms with van der Waals surface area (Å²) in [6, 6.07) is 6.03. The van der Waals surface area contributed by atoms with Crippen LogP contribution in [0.4, 0.5) is 17.2 Å². The van der Waals surface area contributed by atoms with Gasteiger partial charge in [0.2, 0.25) is 5.91 Å². The van der Waals surface area contributed by atoms with Crippen LogP contribution in [0.15, 0.2) is 30.6 Å². The maximum absolute atomic E-state index is 13.1. The number of nitrogens with one attached hydrogen (secondary N) is 5. The summed E-state index contributed by atoms with van der Waals surface area (Å²) in [5.74, 6) is 0.480. The third-order valence-corrected chi connectivity index (χ3v) is 7.88. The van der Waals surface area contributed by atoms with E-state index in [1.54, 1.807) is 16.6 Å². The molecule has 1 atom stereocenters. The summed E-state index contributed by atoms with van der Waals surface area (Å²) >= 11 is 5.97. The molecule has 11 nitrogen and oxygen atoms in total. The molecule has 6 rings (SSSR count). The van der Waals surface area contributed by atoms with E-state index >= 15 is 0 Å². The molecule has 0 spiro atoms. The van der Waals surface area contributed by atoms with Crippen molar-refractivity contribution >= 4 is 46.3 Å². The van der Waals surface area contributed by atoms with Crippen LogP contribution in [0.2, 0.25) is 5.15 Å². The van der Waals surface area contributed by atoms with Crippen LogP contribution in [0.25, 0.3) is 5.65 Å². The Balaban J connectivity index is 1.14. The van der Waals surface area contributed by atoms with E-state index in [-0.39, 0.29) is 29.9 Å². The van der Waals surface area contributed by atoms with Gasteiger partial charge in [-0.1, -0.05) is 18.0 Å². The molecule has 3 aromatic heterocycles. The van der Waals surface area contributed by atoms with E-state index in [9.17, 15) is 9.59 Å². The molecule has 39 heavy (non-hydrogen) atoms. The Bertz CT molecular complexity index is 1340. The number of carbonyl (C=O) groups excluding carboxylic acids is 2. The highest BCUT2D eigenvalue weighted by Gasteiger charge is 2.28. The zero-order valence-corrected chi connectivity index (χ0v) is 22.5. The molecule has 5 N–H and O–H groups in total. The van der Waals surface area contributed by atoms with Crippen molar-refractivity contribution in [3.63, 3.8) is 0 Å². The van der Waals surface area contributed by atoms with Crippen LogP contribution in [0.5, 0.6) is 0 Å². The minimum atomic E-state index is -0.338. The Labute approximate surface area is 231 Å². The van der Waals surface area contributed by atoms with E-state index in [2.05, 4.69) is 36.6 Å². The molecule has 3 aliphatic rings. The van der Waals surface area contributed by atoms with Crippen LogP contribution in [0.1, 0.15) is 68.3 Å². The Hall–Kier alpha value is -3.44. The first-order valence-electron chi connectivity index (χ1n) is 13.9. The van der Waals surface area contributed by atoms with Gasteiger partial charge in [-0.05, 0) is 70.0 Å². The third kappa shape index (κ3) is 6.25. The number of aromatic nitrogens is 4. The molecule has 3 aromatic rings. The number of anilines is 3. The first-order valence-corrected chi connectivity index (χ1v) is 14.3. The normalized spacial score (nSPS) is 23.3. The Kier molecular flexibility index (Phi) is 7.51. The number of halogens is 1. The number of fused-ring (bicyclic) bond motifs is 1. The van der Waals surface area contributed by atoms with Crippen LogP contribution in [0, 0.1) is 0 Å². The SMILES string of the molecule is O=C(Nc1ccnc(Cl)c1)c1cnc2c(NC3CC3)cc(NC3CCC(NC(=O)[C@@H]4CCCCN4)CC3)nn12. The molecule has 3 fully saturated rings. The number of nitrogens with zero attached hydrogens (tertiary/aromatic N) is 4. The summed E-state index contributed by atoms with van der Waals surface area (Å²) in [6.45, 7) is 0.919. The number of amides is 2. The predicted octanol–water partition coefficient (Wildman–Crippen LogP) is 3.59. The Morgan fingerprint density at radius 2 is 1.72 bits per heavy atom. The number of hydrogen-bond donors (Lipinski definition) is 5. The van der Waals surface area contributed by atoms with Gasteiger partial charge in [0, 0.05) is 36.1 Å². The third-order valence-electron chi connectivity index (χ3n) is 7.67. The molecule has 12 heteroatoms. The molecule has 1 aliphatic heterocycles. The minimum absolute atomic E-state index is 0.0555. The molecule has 0 radical (unpaired) electrons. The van der Waals surface area contributed by atoms with Gasteiger partial charge in [0.05, 0.1) is 17.9 Å². The van der Waals surface area contributed by atoms with Gasteiger partial charge in [0.1, 0.15) is 11.0 Å². The van der Waals surface area contributed by atoms with Crippen molar-refractivity contribution in [3.8, 4) is 0 Å². The highest BCUT2D eigenvalue weighted by molar-refractivity contribution is 6.29. The van der Waals surface area contributed by atoms with Crippen molar-refractivity contribution < 1.29 is 9.59 Å². The van der Waals surface area contributed by atoms with Gasteiger partial charge in [0.15, 0.2) is 11.3 Å². The van der Waals surface area contributed by atoms with Crippen molar-refractivity contribution in [2.75, 3.05) is 22.5 Å². The molecule has 2 amide bonds. The minimum Gasteiger partial charge on any atom is -0.379 e. The first-order chi connectivity index (χ1) is 19.0.